The molecular weight excluding hydrogens is 428 g/mol. The summed E-state index contributed by atoms with van der Waals surface area (Å²) in [6.07, 6.45) is 3.31. The zero-order valence-corrected chi connectivity index (χ0v) is 18.6. The Balaban J connectivity index is 1.59. The van der Waals surface area contributed by atoms with Crippen molar-refractivity contribution >= 4 is 38.1 Å². The van der Waals surface area contributed by atoms with Gasteiger partial charge in [-0.1, -0.05) is 60.2 Å². The molecule has 0 bridgehead atoms. The number of nitrogens with zero attached hydrogens (tertiary/aromatic N) is 1. The van der Waals surface area contributed by atoms with Crippen molar-refractivity contribution in [1.29, 1.82) is 0 Å². The first-order valence-corrected chi connectivity index (χ1v) is 12.5. The Kier molecular flexibility index (Phi) is 3.96. The van der Waals surface area contributed by atoms with Gasteiger partial charge in [0.25, 0.3) is 0 Å². The molecule has 1 saturated heterocycles. The number of rotatable bonds is 2. The average Bonchev–Trinajstić information content (AvgIpc) is 3.26. The topological polar surface area (TPSA) is 49.4 Å². The van der Waals surface area contributed by atoms with Crippen molar-refractivity contribution in [3.63, 3.8) is 0 Å². The molecule has 3 aromatic rings. The van der Waals surface area contributed by atoms with Crippen LogP contribution in [0.15, 0.2) is 77.7 Å². The first kappa shape index (κ1) is 19.4. The van der Waals surface area contributed by atoms with Gasteiger partial charge in [-0.05, 0) is 60.9 Å². The second kappa shape index (κ2) is 6.35. The summed E-state index contributed by atoms with van der Waals surface area (Å²) in [6.45, 7) is 4.95. The number of halogens is 1. The lowest BCUT2D eigenvalue weighted by atomic mass is 9.62. The summed E-state index contributed by atoms with van der Waals surface area (Å²) < 4.78 is 29.4. The van der Waals surface area contributed by atoms with Gasteiger partial charge < -0.3 is 5.32 Å². The monoisotopic (exact) mass is 450 g/mol. The number of sulfonamides is 1. The molecule has 3 aliphatic rings. The van der Waals surface area contributed by atoms with Crippen LogP contribution in [0.1, 0.15) is 31.2 Å². The van der Waals surface area contributed by atoms with Crippen molar-refractivity contribution in [2.24, 2.45) is 0 Å². The number of hydrogen-bond acceptors (Lipinski definition) is 3. The molecule has 158 valence electrons. The van der Waals surface area contributed by atoms with E-state index in [1.807, 2.05) is 12.1 Å². The van der Waals surface area contributed by atoms with Crippen LogP contribution in [-0.2, 0) is 15.4 Å². The molecule has 2 heterocycles. The molecule has 6 rings (SSSR count). The highest BCUT2D eigenvalue weighted by molar-refractivity contribution is 7.89. The van der Waals surface area contributed by atoms with Crippen LogP contribution in [0.5, 0.6) is 0 Å². The third-order valence-corrected chi connectivity index (χ3v) is 9.76. The van der Waals surface area contributed by atoms with Crippen LogP contribution in [0, 0.1) is 0 Å². The van der Waals surface area contributed by atoms with Gasteiger partial charge in [0.1, 0.15) is 5.66 Å². The molecule has 0 aromatic heterocycles. The summed E-state index contributed by atoms with van der Waals surface area (Å²) in [5.41, 5.74) is 2.23. The van der Waals surface area contributed by atoms with E-state index in [4.69, 9.17) is 11.6 Å². The van der Waals surface area contributed by atoms with Crippen LogP contribution in [0.4, 0.5) is 5.69 Å². The minimum atomic E-state index is -3.72. The minimum absolute atomic E-state index is 0.279. The Labute approximate surface area is 187 Å². The molecule has 4 nitrogen and oxygen atoms in total. The van der Waals surface area contributed by atoms with Gasteiger partial charge in [-0.2, -0.15) is 4.31 Å². The molecule has 1 saturated carbocycles. The Morgan fingerprint density at radius 3 is 2.58 bits per heavy atom. The fourth-order valence-corrected chi connectivity index (χ4v) is 8.16. The Morgan fingerprint density at radius 1 is 1.00 bits per heavy atom. The van der Waals surface area contributed by atoms with Gasteiger partial charge in [-0.3, -0.25) is 0 Å². The Morgan fingerprint density at radius 2 is 1.77 bits per heavy atom. The Bertz CT molecular complexity index is 1350. The maximum Gasteiger partial charge on any atom is 0.245 e. The van der Waals surface area contributed by atoms with Crippen molar-refractivity contribution in [2.75, 3.05) is 11.9 Å². The van der Waals surface area contributed by atoms with Crippen LogP contribution in [0.2, 0.25) is 5.02 Å². The van der Waals surface area contributed by atoms with Crippen LogP contribution < -0.4 is 5.32 Å². The number of nitrogens with one attached hydrogen (secondary N) is 1. The van der Waals surface area contributed by atoms with Gasteiger partial charge in [0.05, 0.1) is 10.3 Å². The highest BCUT2D eigenvalue weighted by Crippen LogP contribution is 2.65. The highest BCUT2D eigenvalue weighted by Gasteiger charge is 2.69. The molecular formula is C25H23ClN2O2S. The zero-order chi connectivity index (χ0) is 21.4. The van der Waals surface area contributed by atoms with Gasteiger partial charge in [0.2, 0.25) is 10.0 Å². The summed E-state index contributed by atoms with van der Waals surface area (Å²) in [5, 5.41) is 6.58. The molecule has 0 spiro atoms. The van der Waals surface area contributed by atoms with E-state index in [-0.39, 0.29) is 4.90 Å². The Hall–Kier alpha value is -2.34. The van der Waals surface area contributed by atoms with Gasteiger partial charge in [0, 0.05) is 22.6 Å². The van der Waals surface area contributed by atoms with E-state index < -0.39 is 21.1 Å². The van der Waals surface area contributed by atoms with E-state index in [1.54, 1.807) is 28.6 Å². The lowest BCUT2D eigenvalue weighted by Crippen LogP contribution is -2.61. The second-order valence-electron chi connectivity index (χ2n) is 8.84. The van der Waals surface area contributed by atoms with Crippen LogP contribution in [-0.4, -0.2) is 24.9 Å². The minimum Gasteiger partial charge on any atom is -0.364 e. The number of anilines is 1. The highest BCUT2D eigenvalue weighted by atomic mass is 35.5. The molecule has 0 amide bonds. The van der Waals surface area contributed by atoms with Crippen molar-refractivity contribution in [3.8, 4) is 0 Å². The summed E-state index contributed by atoms with van der Waals surface area (Å²) in [5.74, 6) is 0. The van der Waals surface area contributed by atoms with Crippen molar-refractivity contribution < 1.29 is 8.42 Å². The maximum absolute atomic E-state index is 13.9. The zero-order valence-electron chi connectivity index (χ0n) is 17.1. The molecule has 31 heavy (non-hydrogen) atoms. The van der Waals surface area contributed by atoms with E-state index in [0.29, 0.717) is 11.6 Å². The normalized spacial score (nSPS) is 27.6. The van der Waals surface area contributed by atoms with Gasteiger partial charge in [-0.15, -0.1) is 0 Å². The number of fused-ring (bicyclic) bond motifs is 3. The summed E-state index contributed by atoms with van der Waals surface area (Å²) >= 11 is 6.02. The first-order chi connectivity index (χ1) is 14.9. The number of benzene rings is 3. The van der Waals surface area contributed by atoms with Crippen LogP contribution in [0.25, 0.3) is 10.8 Å². The quantitative estimate of drug-likeness (QED) is 0.510. The van der Waals surface area contributed by atoms with E-state index in [0.717, 1.165) is 47.7 Å². The van der Waals surface area contributed by atoms with Gasteiger partial charge in [-0.25, -0.2) is 8.42 Å². The molecule has 1 N–H and O–H groups in total. The lowest BCUT2D eigenvalue weighted by molar-refractivity contribution is 0.178. The maximum atomic E-state index is 13.9. The third kappa shape index (κ3) is 2.32. The van der Waals surface area contributed by atoms with E-state index >= 15 is 0 Å². The van der Waals surface area contributed by atoms with Gasteiger partial charge >= 0.3 is 0 Å². The average molecular weight is 451 g/mol. The molecule has 6 heteroatoms. The molecule has 2 fully saturated rings. The largest absolute Gasteiger partial charge is 0.364 e. The molecule has 1 aliphatic carbocycles. The smallest absolute Gasteiger partial charge is 0.245 e. The summed E-state index contributed by atoms with van der Waals surface area (Å²) in [4.78, 5) is 0.279. The molecule has 2 unspecified atom stereocenters. The van der Waals surface area contributed by atoms with Crippen LogP contribution in [0.3, 0.4) is 0 Å². The summed E-state index contributed by atoms with van der Waals surface area (Å²) in [7, 11) is -3.72. The van der Waals surface area contributed by atoms with Crippen molar-refractivity contribution in [2.45, 2.75) is 41.7 Å². The van der Waals surface area contributed by atoms with Gasteiger partial charge in [0.15, 0.2) is 0 Å². The second-order valence-corrected chi connectivity index (χ2v) is 11.1. The fourth-order valence-electron chi connectivity index (χ4n) is 6.27. The SMILES string of the molecule is C=C1CCCC23Nc4c(ccc5ccccc45)C12CCN3S(=O)(=O)c1ccc(Cl)cc1. The third-order valence-electron chi connectivity index (χ3n) is 7.56. The predicted octanol–water partition coefficient (Wildman–Crippen LogP) is 5.69. The van der Waals surface area contributed by atoms with Crippen LogP contribution >= 0.6 is 11.6 Å². The van der Waals surface area contributed by atoms with Crippen molar-refractivity contribution in [3.05, 3.63) is 83.4 Å². The molecule has 0 radical (unpaired) electrons. The standard InChI is InChI=1S/C25H23ClN2O2S/c1-17-5-4-14-25-24(17,22-13-8-18-6-2-3-7-21(18)23(22)27-25)15-16-28(25)31(29,30)20-11-9-19(26)10-12-20/h2-3,6-13,27H,1,4-5,14-16H2. The first-order valence-electron chi connectivity index (χ1n) is 10.7. The predicted molar refractivity (Wildman–Crippen MR) is 125 cm³/mol. The molecule has 3 aromatic carbocycles. The van der Waals surface area contributed by atoms with Crippen molar-refractivity contribution in [1.82, 2.24) is 4.31 Å². The lowest BCUT2D eigenvalue weighted by Gasteiger charge is -2.49. The van der Waals surface area contributed by atoms with E-state index in [1.165, 1.54) is 5.56 Å². The molecule has 2 atom stereocenters. The fraction of sp³-hybridized carbons (Fsp3) is 0.280. The molecule has 2 aliphatic heterocycles. The van der Waals surface area contributed by atoms with E-state index in [9.17, 15) is 8.42 Å². The van der Waals surface area contributed by atoms with E-state index in [2.05, 4.69) is 36.2 Å². The summed E-state index contributed by atoms with van der Waals surface area (Å²) in [6, 6.07) is 19.1. The number of hydrogen-bond donors (Lipinski definition) is 1.